The highest BCUT2D eigenvalue weighted by Gasteiger charge is 2.22. The summed E-state index contributed by atoms with van der Waals surface area (Å²) < 4.78 is 4.67. The van der Waals surface area contributed by atoms with Crippen molar-refractivity contribution in [2.75, 3.05) is 0 Å². The number of nitrogens with zero attached hydrogens (tertiary/aromatic N) is 2. The van der Waals surface area contributed by atoms with Gasteiger partial charge in [-0.15, -0.1) is 0 Å². The maximum absolute atomic E-state index is 14.0. The van der Waals surface area contributed by atoms with Crippen molar-refractivity contribution in [3.8, 4) is 27.9 Å². The predicted molar refractivity (Wildman–Crippen MR) is 225 cm³/mol. The third-order valence-electron chi connectivity index (χ3n) is 10.9. The van der Waals surface area contributed by atoms with E-state index < -0.39 is 0 Å². The average Bonchev–Trinajstić information content (AvgIpc) is 3.75. The van der Waals surface area contributed by atoms with Gasteiger partial charge in [-0.2, -0.15) is 0 Å². The van der Waals surface area contributed by atoms with Crippen molar-refractivity contribution in [3.63, 3.8) is 0 Å². The van der Waals surface area contributed by atoms with E-state index in [-0.39, 0.29) is 11.6 Å². The molecule has 8 aromatic carbocycles. The molecule has 10 rings (SSSR count). The van der Waals surface area contributed by atoms with Crippen LogP contribution in [0.1, 0.15) is 31.8 Å². The number of aromatic nitrogens is 2. The summed E-state index contributed by atoms with van der Waals surface area (Å²) in [7, 11) is 2.14. The summed E-state index contributed by atoms with van der Waals surface area (Å²) in [5.41, 5.74) is 11.5. The summed E-state index contributed by atoms with van der Waals surface area (Å²) in [4.78, 5) is 28.0. The second-order valence-electron chi connectivity index (χ2n) is 14.0. The minimum atomic E-state index is -0.132. The van der Waals surface area contributed by atoms with Gasteiger partial charge in [0.1, 0.15) is 0 Å². The van der Waals surface area contributed by atoms with Crippen molar-refractivity contribution in [1.82, 2.24) is 9.13 Å². The summed E-state index contributed by atoms with van der Waals surface area (Å²) in [6.45, 7) is 0. The molecule has 0 saturated heterocycles. The molecule has 0 fully saturated rings. The second kappa shape index (κ2) is 13.0. The van der Waals surface area contributed by atoms with Gasteiger partial charge in [-0.05, 0) is 65.2 Å². The fraction of sp³-hybridized carbons (Fsp3) is 0.0196. The minimum absolute atomic E-state index is 0.132. The van der Waals surface area contributed by atoms with Crippen LogP contribution in [0.5, 0.6) is 0 Å². The van der Waals surface area contributed by atoms with E-state index in [4.69, 9.17) is 0 Å². The molecule has 55 heavy (non-hydrogen) atoms. The van der Waals surface area contributed by atoms with Crippen molar-refractivity contribution in [3.05, 3.63) is 210 Å². The molecule has 0 N–H and O–H groups in total. The van der Waals surface area contributed by atoms with Crippen molar-refractivity contribution in [2.45, 2.75) is 0 Å². The van der Waals surface area contributed by atoms with Crippen LogP contribution in [0.4, 0.5) is 0 Å². The number of carbonyl (C=O) groups excluding carboxylic acids is 2. The molecule has 0 atom stereocenters. The molecule has 10 aromatic rings. The number of rotatable bonds is 7. The molecule has 0 aliphatic carbocycles. The minimum Gasteiger partial charge on any atom is -0.344 e. The van der Waals surface area contributed by atoms with Crippen LogP contribution in [-0.4, -0.2) is 20.7 Å². The van der Waals surface area contributed by atoms with Gasteiger partial charge in [-0.25, -0.2) is 0 Å². The molecular formula is C51H34N2O2. The smallest absolute Gasteiger partial charge is 0.193 e. The lowest BCUT2D eigenvalue weighted by Crippen LogP contribution is -2.07. The molecule has 260 valence electrons. The highest BCUT2D eigenvalue weighted by atomic mass is 16.1. The summed E-state index contributed by atoms with van der Waals surface area (Å²) >= 11 is 0. The van der Waals surface area contributed by atoms with Crippen LogP contribution < -0.4 is 0 Å². The first-order chi connectivity index (χ1) is 27.1. The Morgan fingerprint density at radius 3 is 1.51 bits per heavy atom. The molecule has 0 unspecified atom stereocenters. The average molecular weight is 707 g/mol. The van der Waals surface area contributed by atoms with E-state index in [1.165, 1.54) is 32.6 Å². The van der Waals surface area contributed by atoms with E-state index in [0.29, 0.717) is 22.3 Å². The monoisotopic (exact) mass is 706 g/mol. The Labute approximate surface area is 318 Å². The molecule has 0 radical (unpaired) electrons. The van der Waals surface area contributed by atoms with Crippen molar-refractivity contribution in [1.29, 1.82) is 0 Å². The molecule has 4 nitrogen and oxygen atoms in total. The Bertz CT molecular complexity index is 3060. The van der Waals surface area contributed by atoms with Gasteiger partial charge in [0, 0.05) is 67.4 Å². The van der Waals surface area contributed by atoms with Crippen LogP contribution in [0.3, 0.4) is 0 Å². The highest BCUT2D eigenvalue weighted by Crippen LogP contribution is 2.43. The second-order valence-corrected chi connectivity index (χ2v) is 14.0. The first-order valence-electron chi connectivity index (χ1n) is 18.5. The van der Waals surface area contributed by atoms with Gasteiger partial charge >= 0.3 is 0 Å². The topological polar surface area (TPSA) is 44.0 Å². The Morgan fingerprint density at radius 1 is 0.382 bits per heavy atom. The van der Waals surface area contributed by atoms with Crippen molar-refractivity contribution in [2.24, 2.45) is 7.05 Å². The molecular weight excluding hydrogens is 673 g/mol. The molecule has 0 spiro atoms. The van der Waals surface area contributed by atoms with Crippen LogP contribution in [-0.2, 0) is 7.05 Å². The predicted octanol–water partition coefficient (Wildman–Crippen LogP) is 12.2. The van der Waals surface area contributed by atoms with E-state index in [0.717, 1.165) is 39.0 Å². The van der Waals surface area contributed by atoms with Gasteiger partial charge in [0.2, 0.25) is 0 Å². The maximum atomic E-state index is 14.0. The highest BCUT2D eigenvalue weighted by molar-refractivity contribution is 6.28. The zero-order valence-electron chi connectivity index (χ0n) is 30.1. The largest absolute Gasteiger partial charge is 0.344 e. The maximum Gasteiger partial charge on any atom is 0.193 e. The third kappa shape index (κ3) is 5.22. The lowest BCUT2D eigenvalue weighted by atomic mass is 9.89. The molecule has 0 amide bonds. The molecule has 0 aliphatic heterocycles. The summed E-state index contributed by atoms with van der Waals surface area (Å²) in [5.74, 6) is -0.264. The van der Waals surface area contributed by atoms with Gasteiger partial charge in [-0.1, -0.05) is 140 Å². The number of hydrogen-bond donors (Lipinski definition) is 0. The SMILES string of the molecule is Cn1c2ccccc2c2c3c4ccccc4n(-c4ccccc4-c4ccccc4-c4cc(C(=O)c5ccccc5)cc(C(=O)c5ccccc5)c4)c3ccc21. The molecule has 0 saturated carbocycles. The lowest BCUT2D eigenvalue weighted by molar-refractivity contribution is 0.103. The van der Waals surface area contributed by atoms with E-state index in [2.05, 4.69) is 119 Å². The van der Waals surface area contributed by atoms with E-state index >= 15 is 0 Å². The number of carbonyl (C=O) groups is 2. The summed E-state index contributed by atoms with van der Waals surface area (Å²) in [6.07, 6.45) is 0. The number of hydrogen-bond acceptors (Lipinski definition) is 2. The Morgan fingerprint density at radius 2 is 0.855 bits per heavy atom. The van der Waals surface area contributed by atoms with E-state index in [1.807, 2.05) is 78.9 Å². The Kier molecular flexibility index (Phi) is 7.63. The summed E-state index contributed by atoms with van der Waals surface area (Å²) in [5, 5.41) is 4.90. The van der Waals surface area contributed by atoms with Gasteiger partial charge in [0.25, 0.3) is 0 Å². The normalized spacial score (nSPS) is 11.5. The van der Waals surface area contributed by atoms with Crippen LogP contribution in [0.25, 0.3) is 71.6 Å². The first-order valence-corrected chi connectivity index (χ1v) is 18.5. The summed E-state index contributed by atoms with van der Waals surface area (Å²) in [6, 6.07) is 62.7. The Balaban J connectivity index is 1.21. The van der Waals surface area contributed by atoms with Gasteiger partial charge < -0.3 is 9.13 Å². The molecule has 4 heteroatoms. The Hall–Kier alpha value is -7.30. The molecule has 2 heterocycles. The first kappa shape index (κ1) is 32.4. The fourth-order valence-corrected chi connectivity index (χ4v) is 8.39. The van der Waals surface area contributed by atoms with Crippen molar-refractivity contribution < 1.29 is 9.59 Å². The zero-order chi connectivity index (χ0) is 37.0. The molecule has 2 aromatic heterocycles. The van der Waals surface area contributed by atoms with Crippen LogP contribution in [0, 0.1) is 0 Å². The number of fused-ring (bicyclic) bond motifs is 7. The lowest BCUT2D eigenvalue weighted by Gasteiger charge is -2.18. The van der Waals surface area contributed by atoms with E-state index in [9.17, 15) is 9.59 Å². The fourth-order valence-electron chi connectivity index (χ4n) is 8.39. The van der Waals surface area contributed by atoms with Gasteiger partial charge in [-0.3, -0.25) is 9.59 Å². The number of benzene rings is 8. The van der Waals surface area contributed by atoms with Gasteiger partial charge in [0.15, 0.2) is 11.6 Å². The quantitative estimate of drug-likeness (QED) is 0.155. The third-order valence-corrected chi connectivity index (χ3v) is 10.9. The van der Waals surface area contributed by atoms with Crippen molar-refractivity contribution >= 4 is 55.2 Å². The van der Waals surface area contributed by atoms with Crippen LogP contribution in [0.15, 0.2) is 188 Å². The van der Waals surface area contributed by atoms with E-state index in [1.54, 1.807) is 6.07 Å². The van der Waals surface area contributed by atoms with Gasteiger partial charge in [0.05, 0.1) is 16.7 Å². The molecule has 0 aliphatic rings. The standard InChI is InChI=1S/C51H34N2O2/c1-52-43-25-13-11-23-41(43)48-46(52)28-29-47-49(48)42-24-12-15-27-45(42)53(47)44-26-14-10-22-40(44)39-21-9-8-20-38(39)35-30-36(50(54)33-16-4-2-5-17-33)32-37(31-35)51(55)34-18-6-3-7-19-34/h2-32H,1H3. The molecule has 0 bridgehead atoms. The number of para-hydroxylation sites is 3. The zero-order valence-corrected chi connectivity index (χ0v) is 30.1. The number of ketones is 2. The van der Waals surface area contributed by atoms with Crippen LogP contribution in [0.2, 0.25) is 0 Å². The number of aryl methyl sites for hydroxylation is 1. The van der Waals surface area contributed by atoms with Crippen LogP contribution >= 0.6 is 0 Å².